The first-order chi connectivity index (χ1) is 5.47. The molecule has 0 bridgehead atoms. The van der Waals surface area contributed by atoms with E-state index >= 15 is 0 Å². The van der Waals surface area contributed by atoms with Crippen LogP contribution >= 0.6 is 0 Å². The molecule has 1 rings (SSSR count). The lowest BCUT2D eigenvalue weighted by Gasteiger charge is -2.33. The molecule has 1 unspecified atom stereocenters. The highest BCUT2D eigenvalue weighted by atomic mass is 14.7. The van der Waals surface area contributed by atoms with Crippen LogP contribution in [0.25, 0.3) is 0 Å². The Hall–Kier alpha value is -0.0400. The zero-order valence-corrected chi connectivity index (χ0v) is 8.82. The van der Waals surface area contributed by atoms with Crippen LogP contribution in [0.2, 0.25) is 0 Å². The Balaban J connectivity index is 2.48. The maximum absolute atomic E-state index is 6.18. The Labute approximate surface area is 76.7 Å². The summed E-state index contributed by atoms with van der Waals surface area (Å²) in [6, 6.07) is 0. The molecule has 1 fully saturated rings. The van der Waals surface area contributed by atoms with E-state index in [-0.39, 0.29) is 5.54 Å². The normalized spacial score (nSPS) is 27.0. The highest BCUT2D eigenvalue weighted by Gasteiger charge is 2.34. The summed E-state index contributed by atoms with van der Waals surface area (Å²) in [5.41, 5.74) is 6.80. The molecule has 0 radical (unpaired) electrons. The van der Waals surface area contributed by atoms with Crippen molar-refractivity contribution in [1.82, 2.24) is 0 Å². The van der Waals surface area contributed by atoms with Gasteiger partial charge in [-0.15, -0.1) is 0 Å². The fraction of sp³-hybridized carbons (Fsp3) is 1.00. The number of hydrogen-bond acceptors (Lipinski definition) is 1. The minimum atomic E-state index is 0.0685. The van der Waals surface area contributed by atoms with E-state index < -0.39 is 0 Å². The molecule has 0 aromatic carbocycles. The van der Waals surface area contributed by atoms with Crippen molar-refractivity contribution in [3.63, 3.8) is 0 Å². The summed E-state index contributed by atoms with van der Waals surface area (Å²) in [7, 11) is 0. The van der Waals surface area contributed by atoms with E-state index in [4.69, 9.17) is 5.73 Å². The van der Waals surface area contributed by atoms with Crippen molar-refractivity contribution in [2.75, 3.05) is 0 Å². The van der Waals surface area contributed by atoms with Crippen LogP contribution in [0.5, 0.6) is 0 Å². The van der Waals surface area contributed by atoms with Crippen LogP contribution < -0.4 is 5.73 Å². The third kappa shape index (κ3) is 2.48. The largest absolute Gasteiger partial charge is 0.325 e. The molecule has 1 nitrogen and oxygen atoms in total. The van der Waals surface area contributed by atoms with Gasteiger partial charge in [-0.2, -0.15) is 0 Å². The third-order valence-corrected chi connectivity index (χ3v) is 3.45. The van der Waals surface area contributed by atoms with Gasteiger partial charge in [0.15, 0.2) is 0 Å². The number of hydrogen-bond donors (Lipinski definition) is 1. The van der Waals surface area contributed by atoms with Gasteiger partial charge < -0.3 is 5.73 Å². The van der Waals surface area contributed by atoms with E-state index in [0.717, 1.165) is 6.42 Å². The predicted octanol–water partition coefficient (Wildman–Crippen LogP) is 3.08. The molecule has 1 aliphatic rings. The van der Waals surface area contributed by atoms with E-state index in [9.17, 15) is 0 Å². The molecule has 1 atom stereocenters. The van der Waals surface area contributed by atoms with Crippen LogP contribution in [0, 0.1) is 5.41 Å². The summed E-state index contributed by atoms with van der Waals surface area (Å²) >= 11 is 0. The molecule has 0 aliphatic heterocycles. The SMILES string of the molecule is CCC(C)(N)CC1(C)CCCC1. The summed E-state index contributed by atoms with van der Waals surface area (Å²) in [4.78, 5) is 0. The summed E-state index contributed by atoms with van der Waals surface area (Å²) in [6.07, 6.45) is 7.91. The van der Waals surface area contributed by atoms with Gasteiger partial charge in [0, 0.05) is 5.54 Å². The Kier molecular flexibility index (Phi) is 2.82. The van der Waals surface area contributed by atoms with E-state index in [1.54, 1.807) is 0 Å². The van der Waals surface area contributed by atoms with E-state index in [0.29, 0.717) is 5.41 Å². The second kappa shape index (κ2) is 3.37. The zero-order valence-electron chi connectivity index (χ0n) is 8.82. The number of nitrogens with two attached hydrogens (primary N) is 1. The van der Waals surface area contributed by atoms with Crippen LogP contribution in [0.15, 0.2) is 0 Å². The Morgan fingerprint density at radius 2 is 1.83 bits per heavy atom. The summed E-state index contributed by atoms with van der Waals surface area (Å²) in [5, 5.41) is 0. The maximum Gasteiger partial charge on any atom is 0.0128 e. The molecule has 1 saturated carbocycles. The predicted molar refractivity (Wildman–Crippen MR) is 54.1 cm³/mol. The van der Waals surface area contributed by atoms with E-state index in [1.165, 1.54) is 32.1 Å². The lowest BCUT2D eigenvalue weighted by Crippen LogP contribution is -2.40. The maximum atomic E-state index is 6.18. The van der Waals surface area contributed by atoms with E-state index in [1.807, 2.05) is 0 Å². The molecule has 0 aromatic heterocycles. The van der Waals surface area contributed by atoms with Crippen molar-refractivity contribution in [1.29, 1.82) is 0 Å². The minimum Gasteiger partial charge on any atom is -0.325 e. The van der Waals surface area contributed by atoms with Gasteiger partial charge in [-0.1, -0.05) is 26.7 Å². The van der Waals surface area contributed by atoms with Crippen molar-refractivity contribution >= 4 is 0 Å². The Bertz CT molecular complexity index is 143. The van der Waals surface area contributed by atoms with Crippen molar-refractivity contribution < 1.29 is 0 Å². The van der Waals surface area contributed by atoms with Crippen molar-refractivity contribution in [2.24, 2.45) is 11.1 Å². The Morgan fingerprint density at radius 1 is 1.33 bits per heavy atom. The van der Waals surface area contributed by atoms with Gasteiger partial charge in [0.25, 0.3) is 0 Å². The quantitative estimate of drug-likeness (QED) is 0.690. The van der Waals surface area contributed by atoms with Gasteiger partial charge in [-0.3, -0.25) is 0 Å². The molecule has 1 aliphatic carbocycles. The summed E-state index contributed by atoms with van der Waals surface area (Å²) in [5.74, 6) is 0. The lowest BCUT2D eigenvalue weighted by molar-refractivity contribution is 0.224. The summed E-state index contributed by atoms with van der Waals surface area (Å²) in [6.45, 7) is 6.79. The zero-order chi connectivity index (χ0) is 9.24. The monoisotopic (exact) mass is 169 g/mol. The van der Waals surface area contributed by atoms with Gasteiger partial charge in [0.1, 0.15) is 0 Å². The molecule has 12 heavy (non-hydrogen) atoms. The fourth-order valence-corrected chi connectivity index (χ4v) is 2.51. The summed E-state index contributed by atoms with van der Waals surface area (Å²) < 4.78 is 0. The lowest BCUT2D eigenvalue weighted by atomic mass is 9.76. The smallest absolute Gasteiger partial charge is 0.0128 e. The number of rotatable bonds is 3. The van der Waals surface area contributed by atoms with Crippen LogP contribution in [-0.4, -0.2) is 5.54 Å². The first kappa shape index (κ1) is 10.0. The van der Waals surface area contributed by atoms with Gasteiger partial charge in [-0.25, -0.2) is 0 Å². The van der Waals surface area contributed by atoms with Crippen LogP contribution in [0.1, 0.15) is 59.3 Å². The van der Waals surface area contributed by atoms with Gasteiger partial charge in [-0.05, 0) is 38.0 Å². The van der Waals surface area contributed by atoms with Crippen molar-refractivity contribution in [2.45, 2.75) is 64.8 Å². The second-order valence-electron chi connectivity index (χ2n) is 5.20. The molecule has 0 amide bonds. The Morgan fingerprint density at radius 3 is 2.25 bits per heavy atom. The average molecular weight is 169 g/mol. The van der Waals surface area contributed by atoms with E-state index in [2.05, 4.69) is 20.8 Å². The fourth-order valence-electron chi connectivity index (χ4n) is 2.51. The molecular formula is C11H23N. The van der Waals surface area contributed by atoms with Crippen LogP contribution in [0.3, 0.4) is 0 Å². The average Bonchev–Trinajstić information content (AvgIpc) is 2.35. The van der Waals surface area contributed by atoms with Gasteiger partial charge >= 0.3 is 0 Å². The molecule has 2 N–H and O–H groups in total. The van der Waals surface area contributed by atoms with Gasteiger partial charge in [0.2, 0.25) is 0 Å². The van der Waals surface area contributed by atoms with Crippen molar-refractivity contribution in [3.05, 3.63) is 0 Å². The first-order valence-electron chi connectivity index (χ1n) is 5.26. The van der Waals surface area contributed by atoms with Crippen LogP contribution in [-0.2, 0) is 0 Å². The standard InChI is InChI=1S/C11H23N/c1-4-11(3,12)9-10(2)7-5-6-8-10/h4-9,12H2,1-3H3. The highest BCUT2D eigenvalue weighted by Crippen LogP contribution is 2.43. The second-order valence-corrected chi connectivity index (χ2v) is 5.20. The highest BCUT2D eigenvalue weighted by molar-refractivity contribution is 4.89. The molecule has 0 spiro atoms. The van der Waals surface area contributed by atoms with Crippen molar-refractivity contribution in [3.8, 4) is 0 Å². The minimum absolute atomic E-state index is 0.0685. The molecule has 72 valence electrons. The molecular weight excluding hydrogens is 146 g/mol. The third-order valence-electron chi connectivity index (χ3n) is 3.45. The topological polar surface area (TPSA) is 26.0 Å². The molecule has 1 heteroatoms. The van der Waals surface area contributed by atoms with Gasteiger partial charge in [0.05, 0.1) is 0 Å². The first-order valence-corrected chi connectivity index (χ1v) is 5.26. The molecule has 0 saturated heterocycles. The molecule has 0 heterocycles. The molecule has 0 aromatic rings. The van der Waals surface area contributed by atoms with Crippen LogP contribution in [0.4, 0.5) is 0 Å².